The Balaban J connectivity index is 1.66. The molecule has 2 aliphatic rings. The van der Waals surface area contributed by atoms with Gasteiger partial charge in [-0.3, -0.25) is 0 Å². The molecular weight excluding hydrogens is 306 g/mol. The Kier molecular flexibility index (Phi) is 4.47. The highest BCUT2D eigenvalue weighted by molar-refractivity contribution is 5.74. The van der Waals surface area contributed by atoms with Crippen molar-refractivity contribution in [3.8, 4) is 5.75 Å². The summed E-state index contributed by atoms with van der Waals surface area (Å²) in [6.07, 6.45) is -0.0783. The van der Waals surface area contributed by atoms with Crippen molar-refractivity contribution in [1.29, 1.82) is 0 Å². The van der Waals surface area contributed by atoms with E-state index in [0.29, 0.717) is 13.1 Å². The normalized spacial score (nSPS) is 20.8. The number of anilines is 2. The maximum Gasteiger partial charge on any atom is 0.410 e. The van der Waals surface area contributed by atoms with Crippen LogP contribution in [0.15, 0.2) is 18.2 Å². The summed E-state index contributed by atoms with van der Waals surface area (Å²) in [6.45, 7) is 11.4. The van der Waals surface area contributed by atoms with Crippen LogP contribution in [0.2, 0.25) is 0 Å². The molecule has 0 bridgehead atoms. The highest BCUT2D eigenvalue weighted by Gasteiger charge is 2.28. The zero-order valence-electron chi connectivity index (χ0n) is 15.0. The van der Waals surface area contributed by atoms with Gasteiger partial charge in [0.25, 0.3) is 0 Å². The zero-order valence-corrected chi connectivity index (χ0v) is 15.0. The van der Waals surface area contributed by atoms with E-state index < -0.39 is 5.60 Å². The number of benzene rings is 1. The molecule has 6 heteroatoms. The van der Waals surface area contributed by atoms with Gasteiger partial charge in [0.15, 0.2) is 5.75 Å². The largest absolute Gasteiger partial charge is 0.485 e. The first-order valence-electron chi connectivity index (χ1n) is 8.60. The number of carbonyl (C=O) groups excluding carboxylic acids is 1. The fourth-order valence-electron chi connectivity index (χ4n) is 2.99. The Bertz CT molecular complexity index is 604. The van der Waals surface area contributed by atoms with Gasteiger partial charge in [0.2, 0.25) is 0 Å². The molecule has 0 spiro atoms. The lowest BCUT2D eigenvalue weighted by atomic mass is 10.1. The molecule has 2 aliphatic heterocycles. The smallest absolute Gasteiger partial charge is 0.410 e. The molecule has 1 atom stereocenters. The van der Waals surface area contributed by atoms with Gasteiger partial charge in [-0.05, 0) is 39.8 Å². The van der Waals surface area contributed by atoms with Gasteiger partial charge in [0.05, 0.1) is 17.9 Å². The summed E-state index contributed by atoms with van der Waals surface area (Å²) in [6, 6.07) is 6.17. The Morgan fingerprint density at radius 3 is 2.62 bits per heavy atom. The molecule has 6 nitrogen and oxygen atoms in total. The first kappa shape index (κ1) is 16.7. The van der Waals surface area contributed by atoms with Gasteiger partial charge in [-0.25, -0.2) is 4.79 Å². The molecule has 0 aliphatic carbocycles. The van der Waals surface area contributed by atoms with Gasteiger partial charge in [-0.1, -0.05) is 6.07 Å². The van der Waals surface area contributed by atoms with Crippen LogP contribution >= 0.6 is 0 Å². The summed E-state index contributed by atoms with van der Waals surface area (Å²) >= 11 is 0. The molecule has 1 aromatic carbocycles. The van der Waals surface area contributed by atoms with Crippen molar-refractivity contribution in [2.24, 2.45) is 0 Å². The quantitative estimate of drug-likeness (QED) is 0.856. The van der Waals surface area contributed by atoms with Crippen molar-refractivity contribution < 1.29 is 14.3 Å². The fourth-order valence-corrected chi connectivity index (χ4v) is 2.99. The first-order chi connectivity index (χ1) is 11.3. The van der Waals surface area contributed by atoms with Gasteiger partial charge in [-0.15, -0.1) is 0 Å². The van der Waals surface area contributed by atoms with Crippen LogP contribution in [-0.2, 0) is 4.74 Å². The van der Waals surface area contributed by atoms with E-state index in [2.05, 4.69) is 23.2 Å². The van der Waals surface area contributed by atoms with E-state index in [1.54, 1.807) is 4.90 Å². The summed E-state index contributed by atoms with van der Waals surface area (Å²) in [5.41, 5.74) is 1.68. The number of nitrogens with one attached hydrogen (secondary N) is 1. The van der Waals surface area contributed by atoms with E-state index in [1.165, 1.54) is 0 Å². The van der Waals surface area contributed by atoms with Crippen LogP contribution in [0.25, 0.3) is 0 Å². The van der Waals surface area contributed by atoms with Crippen molar-refractivity contribution in [2.75, 3.05) is 42.9 Å². The maximum atomic E-state index is 12.2. The Labute approximate surface area is 143 Å². The SMILES string of the molecule is CC1CNc2cccc(N3CCN(C(=O)OC(C)(C)C)CC3)c2O1. The molecule has 0 saturated carbocycles. The fraction of sp³-hybridized carbons (Fsp3) is 0.611. The molecule has 2 heterocycles. The molecular formula is C18H27N3O3. The van der Waals surface area contributed by atoms with Crippen LogP contribution in [0.1, 0.15) is 27.7 Å². The van der Waals surface area contributed by atoms with E-state index >= 15 is 0 Å². The summed E-state index contributed by atoms with van der Waals surface area (Å²) in [7, 11) is 0. The van der Waals surface area contributed by atoms with Gasteiger partial charge >= 0.3 is 6.09 Å². The number of fused-ring (bicyclic) bond motifs is 1. The zero-order chi connectivity index (χ0) is 17.3. The number of rotatable bonds is 1. The highest BCUT2D eigenvalue weighted by Crippen LogP contribution is 2.39. The molecule has 1 N–H and O–H groups in total. The minimum Gasteiger partial charge on any atom is -0.485 e. The number of para-hydroxylation sites is 1. The monoisotopic (exact) mass is 333 g/mol. The van der Waals surface area contributed by atoms with Crippen LogP contribution in [0.5, 0.6) is 5.75 Å². The molecule has 3 rings (SSSR count). The lowest BCUT2D eigenvalue weighted by Gasteiger charge is -2.38. The molecule has 0 aromatic heterocycles. The van der Waals surface area contributed by atoms with E-state index in [1.807, 2.05) is 32.9 Å². The highest BCUT2D eigenvalue weighted by atomic mass is 16.6. The Hall–Kier alpha value is -2.11. The number of nitrogens with zero attached hydrogens (tertiary/aromatic N) is 2. The third-order valence-electron chi connectivity index (χ3n) is 4.17. The van der Waals surface area contributed by atoms with Crippen molar-refractivity contribution >= 4 is 17.5 Å². The van der Waals surface area contributed by atoms with Crippen LogP contribution < -0.4 is 15.0 Å². The van der Waals surface area contributed by atoms with E-state index in [9.17, 15) is 4.79 Å². The number of hydrogen-bond donors (Lipinski definition) is 1. The third-order valence-corrected chi connectivity index (χ3v) is 4.17. The average molecular weight is 333 g/mol. The molecule has 24 heavy (non-hydrogen) atoms. The van der Waals surface area contributed by atoms with Crippen molar-refractivity contribution in [3.05, 3.63) is 18.2 Å². The van der Waals surface area contributed by atoms with Gasteiger partial charge in [0.1, 0.15) is 11.7 Å². The minimum atomic E-state index is -0.456. The summed E-state index contributed by atoms with van der Waals surface area (Å²) in [5, 5.41) is 3.41. The van der Waals surface area contributed by atoms with E-state index in [0.717, 1.165) is 36.8 Å². The summed E-state index contributed by atoms with van der Waals surface area (Å²) < 4.78 is 11.5. The first-order valence-corrected chi connectivity index (χ1v) is 8.60. The lowest BCUT2D eigenvalue weighted by molar-refractivity contribution is 0.0240. The van der Waals surface area contributed by atoms with Gasteiger partial charge in [0, 0.05) is 26.2 Å². The van der Waals surface area contributed by atoms with E-state index in [-0.39, 0.29) is 12.2 Å². The molecule has 1 amide bonds. The predicted octanol–water partition coefficient (Wildman–Crippen LogP) is 2.94. The second-order valence-electron chi connectivity index (χ2n) is 7.42. The molecule has 1 aromatic rings. The molecule has 132 valence electrons. The van der Waals surface area contributed by atoms with Crippen LogP contribution in [0.4, 0.5) is 16.2 Å². The van der Waals surface area contributed by atoms with Crippen LogP contribution in [0, 0.1) is 0 Å². The number of carbonyl (C=O) groups is 1. The van der Waals surface area contributed by atoms with Crippen LogP contribution in [-0.4, -0.2) is 55.4 Å². The van der Waals surface area contributed by atoms with Crippen molar-refractivity contribution in [3.63, 3.8) is 0 Å². The third kappa shape index (κ3) is 3.68. The lowest BCUT2D eigenvalue weighted by Crippen LogP contribution is -2.50. The standard InChI is InChI=1S/C18H27N3O3/c1-13-12-19-14-6-5-7-15(16(14)23-13)20-8-10-21(11-9-20)17(22)24-18(2,3)4/h5-7,13,19H,8-12H2,1-4H3. The number of hydrogen-bond acceptors (Lipinski definition) is 5. The van der Waals surface area contributed by atoms with Crippen molar-refractivity contribution in [2.45, 2.75) is 39.4 Å². The maximum absolute atomic E-state index is 12.2. The van der Waals surface area contributed by atoms with Crippen molar-refractivity contribution in [1.82, 2.24) is 4.90 Å². The van der Waals surface area contributed by atoms with Gasteiger partial charge in [-0.2, -0.15) is 0 Å². The Morgan fingerprint density at radius 2 is 1.96 bits per heavy atom. The average Bonchev–Trinajstić information content (AvgIpc) is 2.53. The predicted molar refractivity (Wildman–Crippen MR) is 95.0 cm³/mol. The number of ether oxygens (including phenoxy) is 2. The van der Waals surface area contributed by atoms with Gasteiger partial charge < -0.3 is 24.6 Å². The van der Waals surface area contributed by atoms with Crippen LogP contribution in [0.3, 0.4) is 0 Å². The second kappa shape index (κ2) is 6.42. The molecule has 1 unspecified atom stereocenters. The number of amides is 1. The molecule has 0 radical (unpaired) electrons. The summed E-state index contributed by atoms with van der Waals surface area (Å²) in [4.78, 5) is 16.2. The second-order valence-corrected chi connectivity index (χ2v) is 7.42. The number of piperazine rings is 1. The minimum absolute atomic E-state index is 0.154. The van der Waals surface area contributed by atoms with E-state index in [4.69, 9.17) is 9.47 Å². The summed E-state index contributed by atoms with van der Waals surface area (Å²) in [5.74, 6) is 0.918. The topological polar surface area (TPSA) is 54.0 Å². The Morgan fingerprint density at radius 1 is 1.25 bits per heavy atom. The molecule has 1 saturated heterocycles. The molecule has 1 fully saturated rings.